The van der Waals surface area contributed by atoms with Crippen molar-refractivity contribution in [3.8, 4) is 0 Å². The Morgan fingerprint density at radius 2 is 2.36 bits per heavy atom. The van der Waals surface area contributed by atoms with Crippen LogP contribution in [0.15, 0.2) is 23.2 Å². The Kier molecular flexibility index (Phi) is 2.44. The second kappa shape index (κ2) is 3.74. The maximum absolute atomic E-state index is 10.2. The number of carbonyl (C=O) groups excluding carboxylic acids is 1. The molecule has 0 atom stereocenters. The Morgan fingerprint density at radius 3 is 3.14 bits per heavy atom. The van der Waals surface area contributed by atoms with Crippen molar-refractivity contribution in [2.45, 2.75) is 13.0 Å². The predicted molar refractivity (Wildman–Crippen MR) is 54.3 cm³/mol. The quantitative estimate of drug-likeness (QED) is 0.495. The molecule has 1 aromatic rings. The van der Waals surface area contributed by atoms with Crippen LogP contribution in [0.25, 0.3) is 0 Å². The zero-order valence-electron chi connectivity index (χ0n) is 8.16. The average molecular weight is 188 g/mol. The van der Waals surface area contributed by atoms with Gasteiger partial charge in [0.15, 0.2) is 0 Å². The molecule has 3 nitrogen and oxygen atoms in total. The molecule has 3 heteroatoms. The summed E-state index contributed by atoms with van der Waals surface area (Å²) in [6.07, 6.45) is 2.57. The van der Waals surface area contributed by atoms with Gasteiger partial charge in [-0.2, -0.15) is 4.99 Å². The number of hydrogen-bond acceptors (Lipinski definition) is 3. The van der Waals surface area contributed by atoms with Crippen LogP contribution in [0.5, 0.6) is 0 Å². The van der Waals surface area contributed by atoms with Gasteiger partial charge in [-0.15, -0.1) is 0 Å². The van der Waals surface area contributed by atoms with Crippen molar-refractivity contribution in [3.63, 3.8) is 0 Å². The average Bonchev–Trinajstić information content (AvgIpc) is 2.18. The molecule has 1 aliphatic heterocycles. The highest BCUT2D eigenvalue weighted by atomic mass is 16.1. The van der Waals surface area contributed by atoms with Crippen LogP contribution in [-0.2, 0) is 17.8 Å². The van der Waals surface area contributed by atoms with Gasteiger partial charge in [0.05, 0.1) is 5.69 Å². The lowest BCUT2D eigenvalue weighted by Gasteiger charge is -2.25. The first-order valence-electron chi connectivity index (χ1n) is 4.68. The fourth-order valence-corrected chi connectivity index (χ4v) is 1.88. The van der Waals surface area contributed by atoms with E-state index in [0.717, 1.165) is 25.2 Å². The van der Waals surface area contributed by atoms with E-state index in [0.29, 0.717) is 0 Å². The monoisotopic (exact) mass is 188 g/mol. The second-order valence-electron chi connectivity index (χ2n) is 3.61. The topological polar surface area (TPSA) is 32.7 Å². The molecule has 0 radical (unpaired) electrons. The van der Waals surface area contributed by atoms with Gasteiger partial charge in [-0.3, -0.25) is 0 Å². The van der Waals surface area contributed by atoms with Crippen LogP contribution in [0.4, 0.5) is 5.69 Å². The summed E-state index contributed by atoms with van der Waals surface area (Å²) in [5.41, 5.74) is 3.26. The van der Waals surface area contributed by atoms with Crippen LogP contribution in [0.2, 0.25) is 0 Å². The van der Waals surface area contributed by atoms with E-state index >= 15 is 0 Å². The number of nitrogens with zero attached hydrogens (tertiary/aromatic N) is 2. The Hall–Kier alpha value is -1.44. The lowest BCUT2D eigenvalue weighted by molar-refractivity contribution is 0.313. The van der Waals surface area contributed by atoms with Gasteiger partial charge in [0.25, 0.3) is 0 Å². The first kappa shape index (κ1) is 9.13. The summed E-state index contributed by atoms with van der Waals surface area (Å²) in [5, 5.41) is 0. The fraction of sp³-hybridized carbons (Fsp3) is 0.364. The molecular formula is C11H12N2O. The molecule has 0 aliphatic carbocycles. The standard InChI is InChI=1S/C11H12N2O/c1-13-6-5-10-9(7-13)3-2-4-11(10)12-8-14/h2-4H,5-7H2,1H3. The molecule has 1 heterocycles. The van der Waals surface area contributed by atoms with Crippen molar-refractivity contribution in [3.05, 3.63) is 29.3 Å². The lowest BCUT2D eigenvalue weighted by atomic mass is 9.98. The minimum Gasteiger partial charge on any atom is -0.302 e. The molecule has 14 heavy (non-hydrogen) atoms. The molecule has 0 spiro atoms. The number of isocyanates is 1. The third kappa shape index (κ3) is 1.60. The summed E-state index contributed by atoms with van der Waals surface area (Å²) in [7, 11) is 2.10. The summed E-state index contributed by atoms with van der Waals surface area (Å²) in [5.74, 6) is 0. The van der Waals surface area contributed by atoms with Gasteiger partial charge in [0.1, 0.15) is 0 Å². The highest BCUT2D eigenvalue weighted by molar-refractivity contribution is 5.56. The Labute approximate surface area is 83.1 Å². The van der Waals surface area contributed by atoms with Gasteiger partial charge in [-0.25, -0.2) is 4.79 Å². The number of rotatable bonds is 1. The minimum absolute atomic E-state index is 0.783. The molecular weight excluding hydrogens is 176 g/mol. The Bertz CT molecular complexity index is 394. The van der Waals surface area contributed by atoms with E-state index in [1.807, 2.05) is 12.1 Å². The van der Waals surface area contributed by atoms with E-state index in [9.17, 15) is 4.79 Å². The van der Waals surface area contributed by atoms with Gasteiger partial charge in [-0.1, -0.05) is 12.1 Å². The molecule has 72 valence electrons. The van der Waals surface area contributed by atoms with Crippen molar-refractivity contribution in [1.29, 1.82) is 0 Å². The largest absolute Gasteiger partial charge is 0.302 e. The van der Waals surface area contributed by atoms with E-state index < -0.39 is 0 Å². The van der Waals surface area contributed by atoms with Crippen LogP contribution < -0.4 is 0 Å². The van der Waals surface area contributed by atoms with Crippen LogP contribution >= 0.6 is 0 Å². The molecule has 1 aliphatic rings. The normalized spacial score (nSPS) is 15.8. The zero-order chi connectivity index (χ0) is 9.97. The summed E-state index contributed by atoms with van der Waals surface area (Å²) < 4.78 is 0. The molecule has 0 bridgehead atoms. The molecule has 0 aromatic heterocycles. The summed E-state index contributed by atoms with van der Waals surface area (Å²) in [6.45, 7) is 1.97. The van der Waals surface area contributed by atoms with Crippen LogP contribution in [0.3, 0.4) is 0 Å². The fourth-order valence-electron chi connectivity index (χ4n) is 1.88. The summed E-state index contributed by atoms with van der Waals surface area (Å²) in [6, 6.07) is 5.90. The van der Waals surface area contributed by atoms with Crippen LogP contribution in [0, 0.1) is 0 Å². The highest BCUT2D eigenvalue weighted by Crippen LogP contribution is 2.27. The minimum atomic E-state index is 0.783. The van der Waals surface area contributed by atoms with E-state index in [4.69, 9.17) is 0 Å². The maximum Gasteiger partial charge on any atom is 0.240 e. The van der Waals surface area contributed by atoms with Crippen molar-refractivity contribution in [2.24, 2.45) is 4.99 Å². The van der Waals surface area contributed by atoms with Crippen LogP contribution in [0.1, 0.15) is 11.1 Å². The molecule has 0 saturated carbocycles. The Morgan fingerprint density at radius 1 is 1.50 bits per heavy atom. The number of fused-ring (bicyclic) bond motifs is 1. The molecule has 0 N–H and O–H groups in total. The maximum atomic E-state index is 10.2. The van der Waals surface area contributed by atoms with Gasteiger partial charge in [-0.05, 0) is 30.7 Å². The smallest absolute Gasteiger partial charge is 0.240 e. The van der Waals surface area contributed by atoms with Crippen molar-refractivity contribution in [2.75, 3.05) is 13.6 Å². The third-order valence-electron chi connectivity index (χ3n) is 2.60. The lowest BCUT2D eigenvalue weighted by Crippen LogP contribution is -2.26. The molecule has 2 rings (SSSR count). The van der Waals surface area contributed by atoms with E-state index in [2.05, 4.69) is 23.0 Å². The molecule has 0 unspecified atom stereocenters. The summed E-state index contributed by atoms with van der Waals surface area (Å²) in [4.78, 5) is 16.2. The van der Waals surface area contributed by atoms with E-state index in [1.165, 1.54) is 11.1 Å². The van der Waals surface area contributed by atoms with Gasteiger partial charge in [0, 0.05) is 13.1 Å². The Balaban J connectivity index is 2.46. The predicted octanol–water partition coefficient (Wildman–Crippen LogP) is 1.64. The van der Waals surface area contributed by atoms with Gasteiger partial charge >= 0.3 is 0 Å². The number of aliphatic imine (C=N–C) groups is 1. The molecule has 0 fully saturated rings. The third-order valence-corrected chi connectivity index (χ3v) is 2.60. The number of hydrogen-bond donors (Lipinski definition) is 0. The van der Waals surface area contributed by atoms with Crippen molar-refractivity contribution < 1.29 is 4.79 Å². The highest BCUT2D eigenvalue weighted by Gasteiger charge is 2.15. The van der Waals surface area contributed by atoms with Gasteiger partial charge < -0.3 is 4.90 Å². The number of likely N-dealkylation sites (N-methyl/N-ethyl adjacent to an activating group) is 1. The first-order valence-corrected chi connectivity index (χ1v) is 4.68. The van der Waals surface area contributed by atoms with E-state index in [-0.39, 0.29) is 0 Å². The molecule has 0 amide bonds. The number of benzene rings is 1. The first-order chi connectivity index (χ1) is 6.81. The summed E-state index contributed by atoms with van der Waals surface area (Å²) >= 11 is 0. The van der Waals surface area contributed by atoms with Gasteiger partial charge in [0.2, 0.25) is 6.08 Å². The van der Waals surface area contributed by atoms with Crippen LogP contribution in [-0.4, -0.2) is 24.6 Å². The zero-order valence-corrected chi connectivity index (χ0v) is 8.16. The SMILES string of the molecule is CN1CCc2c(cccc2N=C=O)C1. The van der Waals surface area contributed by atoms with Crippen molar-refractivity contribution in [1.82, 2.24) is 4.90 Å². The second-order valence-corrected chi connectivity index (χ2v) is 3.61. The molecule has 0 saturated heterocycles. The van der Waals surface area contributed by atoms with E-state index in [1.54, 1.807) is 6.08 Å². The van der Waals surface area contributed by atoms with Crippen molar-refractivity contribution >= 4 is 11.8 Å². The molecule has 1 aromatic carbocycles.